The van der Waals surface area contributed by atoms with Crippen LogP contribution in [0.2, 0.25) is 0 Å². The highest BCUT2D eigenvalue weighted by Crippen LogP contribution is 2.20. The number of aromatic nitrogens is 2. The van der Waals surface area contributed by atoms with Gasteiger partial charge in [0.15, 0.2) is 0 Å². The highest BCUT2D eigenvalue weighted by atomic mass is 16.5. The van der Waals surface area contributed by atoms with E-state index in [1.807, 2.05) is 49.8 Å². The van der Waals surface area contributed by atoms with Gasteiger partial charge in [0.25, 0.3) is 0 Å². The molecule has 0 saturated carbocycles. The number of carbonyl (C=O) groups is 1. The van der Waals surface area contributed by atoms with E-state index in [9.17, 15) is 4.79 Å². The predicted molar refractivity (Wildman–Crippen MR) is 90.6 cm³/mol. The molecule has 2 aromatic rings. The molecule has 2 rings (SSSR count). The molecule has 0 radical (unpaired) electrons. The molecule has 0 bridgehead atoms. The Morgan fingerprint density at radius 1 is 1.30 bits per heavy atom. The first kappa shape index (κ1) is 17.1. The van der Waals surface area contributed by atoms with Gasteiger partial charge >= 0.3 is 0 Å². The van der Waals surface area contributed by atoms with Crippen LogP contribution in [0.1, 0.15) is 41.9 Å². The third-order valence-corrected chi connectivity index (χ3v) is 4.26. The average Bonchev–Trinajstić information content (AvgIpc) is 2.79. The summed E-state index contributed by atoms with van der Waals surface area (Å²) in [5, 5.41) is 7.48. The summed E-state index contributed by atoms with van der Waals surface area (Å²) < 4.78 is 6.99. The van der Waals surface area contributed by atoms with Crippen LogP contribution >= 0.6 is 0 Å². The normalized spacial score (nSPS) is 12.0. The number of hydrogen-bond donors (Lipinski definition) is 1. The molecule has 124 valence electrons. The number of aryl methyl sites for hydroxylation is 2. The molecule has 0 fully saturated rings. The Kier molecular flexibility index (Phi) is 5.42. The lowest BCUT2D eigenvalue weighted by atomic mass is 10.0. The molecule has 1 unspecified atom stereocenters. The van der Waals surface area contributed by atoms with Crippen molar-refractivity contribution in [3.05, 3.63) is 46.8 Å². The van der Waals surface area contributed by atoms with Crippen molar-refractivity contribution in [2.45, 2.75) is 39.7 Å². The Morgan fingerprint density at radius 2 is 1.96 bits per heavy atom. The summed E-state index contributed by atoms with van der Waals surface area (Å²) in [6.07, 6.45) is 1.20. The Hall–Kier alpha value is -2.30. The average molecular weight is 315 g/mol. The van der Waals surface area contributed by atoms with Gasteiger partial charge in [-0.25, -0.2) is 0 Å². The molecule has 1 atom stereocenters. The van der Waals surface area contributed by atoms with Gasteiger partial charge in [0, 0.05) is 18.3 Å². The van der Waals surface area contributed by atoms with Crippen molar-refractivity contribution in [2.75, 3.05) is 7.11 Å². The molecule has 0 aliphatic carbocycles. The van der Waals surface area contributed by atoms with Gasteiger partial charge in [0.2, 0.25) is 5.91 Å². The second-order valence-corrected chi connectivity index (χ2v) is 5.75. The molecule has 0 saturated heterocycles. The second kappa shape index (κ2) is 7.31. The third kappa shape index (κ3) is 3.92. The quantitative estimate of drug-likeness (QED) is 0.892. The van der Waals surface area contributed by atoms with Crippen molar-refractivity contribution < 1.29 is 9.53 Å². The number of nitrogens with zero attached hydrogens (tertiary/aromatic N) is 2. The van der Waals surface area contributed by atoms with Gasteiger partial charge in [-0.05, 0) is 38.0 Å². The Bertz CT molecular complexity index is 674. The number of methoxy groups -OCH3 is 1. The van der Waals surface area contributed by atoms with Gasteiger partial charge in [-0.2, -0.15) is 5.10 Å². The monoisotopic (exact) mass is 315 g/mol. The Labute approximate surface area is 137 Å². The molecular weight excluding hydrogens is 290 g/mol. The fourth-order valence-corrected chi connectivity index (χ4v) is 2.74. The molecule has 5 heteroatoms. The van der Waals surface area contributed by atoms with Crippen LogP contribution in [0.15, 0.2) is 24.3 Å². The van der Waals surface area contributed by atoms with Crippen molar-refractivity contribution >= 4 is 5.91 Å². The summed E-state index contributed by atoms with van der Waals surface area (Å²) >= 11 is 0. The van der Waals surface area contributed by atoms with Crippen LogP contribution in [-0.4, -0.2) is 22.8 Å². The molecule has 0 spiro atoms. The second-order valence-electron chi connectivity index (χ2n) is 5.75. The largest absolute Gasteiger partial charge is 0.497 e. The summed E-state index contributed by atoms with van der Waals surface area (Å²) in [6, 6.07) is 7.83. The van der Waals surface area contributed by atoms with E-state index in [1.165, 1.54) is 0 Å². The standard InChI is InChI=1S/C18H25N3O2/c1-6-17(14-7-9-15(23-5)10-8-14)19-18(22)11-16-12(2)20-21(4)13(16)3/h7-10,17H,6,11H2,1-5H3,(H,19,22). The maximum atomic E-state index is 12.4. The van der Waals surface area contributed by atoms with Crippen molar-refractivity contribution in [3.63, 3.8) is 0 Å². The van der Waals surface area contributed by atoms with Crippen molar-refractivity contribution in [2.24, 2.45) is 7.05 Å². The van der Waals surface area contributed by atoms with E-state index in [0.717, 1.165) is 34.7 Å². The zero-order valence-corrected chi connectivity index (χ0v) is 14.5. The molecule has 23 heavy (non-hydrogen) atoms. The first-order chi connectivity index (χ1) is 11.0. The highest BCUT2D eigenvalue weighted by Gasteiger charge is 2.17. The minimum Gasteiger partial charge on any atom is -0.497 e. The van der Waals surface area contributed by atoms with Gasteiger partial charge in [-0.1, -0.05) is 19.1 Å². The Morgan fingerprint density at radius 3 is 2.43 bits per heavy atom. The minimum atomic E-state index is 0.00527. The number of amides is 1. The van der Waals surface area contributed by atoms with E-state index in [2.05, 4.69) is 17.3 Å². The topological polar surface area (TPSA) is 56.2 Å². The van der Waals surface area contributed by atoms with Gasteiger partial charge in [0.1, 0.15) is 5.75 Å². The first-order valence-electron chi connectivity index (χ1n) is 7.88. The number of ether oxygens (including phenoxy) is 1. The number of carbonyl (C=O) groups excluding carboxylic acids is 1. The van der Waals surface area contributed by atoms with Gasteiger partial charge in [0.05, 0.1) is 25.3 Å². The van der Waals surface area contributed by atoms with Crippen LogP contribution in [0, 0.1) is 13.8 Å². The van der Waals surface area contributed by atoms with Crippen LogP contribution in [0.4, 0.5) is 0 Å². The maximum absolute atomic E-state index is 12.4. The third-order valence-electron chi connectivity index (χ3n) is 4.26. The molecular formula is C18H25N3O2. The fourth-order valence-electron chi connectivity index (χ4n) is 2.74. The molecule has 0 aliphatic heterocycles. The highest BCUT2D eigenvalue weighted by molar-refractivity contribution is 5.79. The summed E-state index contributed by atoms with van der Waals surface area (Å²) in [6.45, 7) is 6.00. The summed E-state index contributed by atoms with van der Waals surface area (Å²) in [5.74, 6) is 0.836. The zero-order chi connectivity index (χ0) is 17.0. The molecule has 1 aromatic carbocycles. The summed E-state index contributed by atoms with van der Waals surface area (Å²) in [4.78, 5) is 12.4. The maximum Gasteiger partial charge on any atom is 0.225 e. The number of rotatable bonds is 6. The molecule has 1 N–H and O–H groups in total. The predicted octanol–water partition coefficient (Wildman–Crippen LogP) is 2.86. The van der Waals surface area contributed by atoms with Crippen LogP contribution in [-0.2, 0) is 18.3 Å². The lowest BCUT2D eigenvalue weighted by Crippen LogP contribution is -2.29. The summed E-state index contributed by atoms with van der Waals surface area (Å²) in [7, 11) is 3.54. The van der Waals surface area contributed by atoms with Gasteiger partial charge in [-0.15, -0.1) is 0 Å². The van der Waals surface area contributed by atoms with Crippen LogP contribution in [0.3, 0.4) is 0 Å². The number of benzene rings is 1. The van der Waals surface area contributed by atoms with Gasteiger partial charge < -0.3 is 10.1 Å². The smallest absolute Gasteiger partial charge is 0.225 e. The molecule has 1 aromatic heterocycles. The lowest BCUT2D eigenvalue weighted by Gasteiger charge is -2.18. The number of nitrogens with one attached hydrogen (secondary N) is 1. The van der Waals surface area contributed by atoms with Crippen molar-refractivity contribution in [1.82, 2.24) is 15.1 Å². The molecule has 5 nitrogen and oxygen atoms in total. The lowest BCUT2D eigenvalue weighted by molar-refractivity contribution is -0.121. The van der Waals surface area contributed by atoms with E-state index < -0.39 is 0 Å². The van der Waals surface area contributed by atoms with Crippen molar-refractivity contribution in [1.29, 1.82) is 0 Å². The van der Waals surface area contributed by atoms with Crippen LogP contribution in [0.25, 0.3) is 0 Å². The van der Waals surface area contributed by atoms with Crippen LogP contribution < -0.4 is 10.1 Å². The van der Waals surface area contributed by atoms with E-state index in [0.29, 0.717) is 6.42 Å². The van der Waals surface area contributed by atoms with E-state index in [1.54, 1.807) is 7.11 Å². The first-order valence-corrected chi connectivity index (χ1v) is 7.88. The fraction of sp³-hybridized carbons (Fsp3) is 0.444. The SMILES string of the molecule is CCC(NC(=O)Cc1c(C)nn(C)c1C)c1ccc(OC)cc1. The van der Waals surface area contributed by atoms with Gasteiger partial charge in [-0.3, -0.25) is 9.48 Å². The number of hydrogen-bond acceptors (Lipinski definition) is 3. The molecule has 1 heterocycles. The van der Waals surface area contributed by atoms with E-state index >= 15 is 0 Å². The zero-order valence-electron chi connectivity index (χ0n) is 14.5. The van der Waals surface area contributed by atoms with Crippen molar-refractivity contribution in [3.8, 4) is 5.75 Å². The molecule has 1 amide bonds. The van der Waals surface area contributed by atoms with E-state index in [-0.39, 0.29) is 11.9 Å². The minimum absolute atomic E-state index is 0.00527. The van der Waals surface area contributed by atoms with E-state index in [4.69, 9.17) is 4.74 Å². The molecule has 0 aliphatic rings. The Balaban J connectivity index is 2.07. The van der Waals surface area contributed by atoms with Crippen LogP contribution in [0.5, 0.6) is 5.75 Å². The summed E-state index contributed by atoms with van der Waals surface area (Å²) in [5.41, 5.74) is 4.05.